The van der Waals surface area contributed by atoms with Gasteiger partial charge in [-0.15, -0.1) is 0 Å². The lowest BCUT2D eigenvalue weighted by molar-refractivity contribution is -0.116. The van der Waals surface area contributed by atoms with Crippen LogP contribution in [0.4, 0.5) is 10.5 Å². The number of nitrogens with zero attached hydrogens (tertiary/aromatic N) is 2. The number of para-hydroxylation sites is 1. The van der Waals surface area contributed by atoms with E-state index in [1.165, 1.54) is 4.90 Å². The fourth-order valence-corrected chi connectivity index (χ4v) is 3.94. The molecule has 140 valence electrons. The quantitative estimate of drug-likeness (QED) is 0.566. The molecule has 0 aliphatic rings. The molecule has 2 amide bonds. The lowest BCUT2D eigenvalue weighted by Crippen LogP contribution is -2.19. The lowest BCUT2D eigenvalue weighted by atomic mass is 10.2. The van der Waals surface area contributed by atoms with Crippen molar-refractivity contribution in [2.75, 3.05) is 19.4 Å². The van der Waals surface area contributed by atoms with E-state index in [2.05, 4.69) is 21.2 Å². The number of hydrogen-bond acceptors (Lipinski definition) is 3. The maximum absolute atomic E-state index is 12.5. The van der Waals surface area contributed by atoms with Crippen molar-refractivity contribution in [2.24, 2.45) is 0 Å². The molecule has 0 atom stereocenters. The molecule has 3 rings (SSSR count). The zero-order valence-electron chi connectivity index (χ0n) is 15.3. The van der Waals surface area contributed by atoms with Crippen LogP contribution in [0.3, 0.4) is 0 Å². The van der Waals surface area contributed by atoms with E-state index in [1.807, 2.05) is 47.9 Å². The zero-order valence-corrected chi connectivity index (χ0v) is 17.7. The molecule has 1 N–H and O–H groups in total. The van der Waals surface area contributed by atoms with Crippen molar-refractivity contribution in [1.82, 2.24) is 9.47 Å². The van der Waals surface area contributed by atoms with Crippen LogP contribution in [0.5, 0.6) is 0 Å². The van der Waals surface area contributed by atoms with Gasteiger partial charge in [0.05, 0.1) is 0 Å². The van der Waals surface area contributed by atoms with E-state index in [0.717, 1.165) is 37.7 Å². The number of halogens is 1. The van der Waals surface area contributed by atoms with Crippen molar-refractivity contribution in [3.05, 3.63) is 58.7 Å². The minimum Gasteiger partial charge on any atom is -0.339 e. The largest absolute Gasteiger partial charge is 0.339 e. The van der Waals surface area contributed by atoms with Gasteiger partial charge in [-0.05, 0) is 64.9 Å². The summed E-state index contributed by atoms with van der Waals surface area (Å²) in [5.41, 5.74) is 2.74. The molecule has 0 saturated carbocycles. The summed E-state index contributed by atoms with van der Waals surface area (Å²) in [6, 6.07) is 15.3. The molecule has 0 bridgehead atoms. The van der Waals surface area contributed by atoms with Gasteiger partial charge in [0.1, 0.15) is 6.54 Å². The van der Waals surface area contributed by atoms with Crippen LogP contribution in [0.1, 0.15) is 5.69 Å². The fourth-order valence-electron chi connectivity index (χ4n) is 2.73. The van der Waals surface area contributed by atoms with E-state index < -0.39 is 0 Å². The smallest absolute Gasteiger partial charge is 0.285 e. The highest BCUT2D eigenvalue weighted by atomic mass is 79.9. The number of nitrogens with one attached hydrogen (secondary N) is 1. The molecule has 2 aromatic carbocycles. The van der Waals surface area contributed by atoms with E-state index in [0.29, 0.717) is 5.69 Å². The average molecular weight is 446 g/mol. The van der Waals surface area contributed by atoms with E-state index in [-0.39, 0.29) is 17.7 Å². The molecule has 0 fully saturated rings. The summed E-state index contributed by atoms with van der Waals surface area (Å²) in [5.74, 6) is -0.101. The van der Waals surface area contributed by atoms with Gasteiger partial charge in [-0.3, -0.25) is 9.59 Å². The second kappa shape index (κ2) is 8.19. The number of carbonyl (C=O) groups is 2. The Morgan fingerprint density at radius 2 is 1.78 bits per heavy atom. The first-order valence-electron chi connectivity index (χ1n) is 8.39. The van der Waals surface area contributed by atoms with E-state index in [1.54, 1.807) is 26.2 Å². The number of rotatable bonds is 4. The highest BCUT2D eigenvalue weighted by Crippen LogP contribution is 2.30. The number of carbonyl (C=O) groups excluding carboxylic acids is 2. The van der Waals surface area contributed by atoms with Crippen molar-refractivity contribution >= 4 is 55.4 Å². The minimum absolute atomic E-state index is 0.0349. The van der Waals surface area contributed by atoms with E-state index >= 15 is 0 Å². The molecule has 0 aliphatic heterocycles. The van der Waals surface area contributed by atoms with Crippen LogP contribution < -0.4 is 5.32 Å². The van der Waals surface area contributed by atoms with Gasteiger partial charge in [0, 0.05) is 45.7 Å². The Labute approximate surface area is 170 Å². The maximum atomic E-state index is 12.5. The van der Waals surface area contributed by atoms with Crippen LogP contribution >= 0.6 is 27.7 Å². The standard InChI is InChI=1S/C20H20BrN3O2S/c1-13-19(21)16-6-4-5-7-17(16)24(13)12-18(25)22-14-8-10-15(11-9-14)27-20(26)23(2)3/h4-11H,12H2,1-3H3,(H,22,25). The Morgan fingerprint density at radius 1 is 1.11 bits per heavy atom. The van der Waals surface area contributed by atoms with E-state index in [4.69, 9.17) is 0 Å². The SMILES string of the molecule is Cc1c(Br)c2ccccc2n1CC(=O)Nc1ccc(SC(=O)N(C)C)cc1. The number of benzene rings is 2. The van der Waals surface area contributed by atoms with Crippen molar-refractivity contribution in [2.45, 2.75) is 18.4 Å². The van der Waals surface area contributed by atoms with Crippen molar-refractivity contribution < 1.29 is 9.59 Å². The number of thioether (sulfide) groups is 1. The second-order valence-electron chi connectivity index (χ2n) is 6.34. The molecule has 5 nitrogen and oxygen atoms in total. The van der Waals surface area contributed by atoms with Crippen LogP contribution in [0, 0.1) is 6.92 Å². The second-order valence-corrected chi connectivity index (χ2v) is 8.16. The normalized spacial score (nSPS) is 10.8. The number of hydrogen-bond donors (Lipinski definition) is 1. The van der Waals surface area contributed by atoms with Crippen LogP contribution in [-0.2, 0) is 11.3 Å². The third kappa shape index (κ3) is 4.36. The highest BCUT2D eigenvalue weighted by molar-refractivity contribution is 9.10. The fraction of sp³-hybridized carbons (Fsp3) is 0.200. The van der Waals surface area contributed by atoms with Crippen LogP contribution in [0.25, 0.3) is 10.9 Å². The van der Waals surface area contributed by atoms with Crippen LogP contribution in [0.2, 0.25) is 0 Å². The molecule has 1 aromatic heterocycles. The zero-order chi connectivity index (χ0) is 19.6. The van der Waals surface area contributed by atoms with Gasteiger partial charge in [-0.25, -0.2) is 0 Å². The van der Waals surface area contributed by atoms with Gasteiger partial charge >= 0.3 is 0 Å². The summed E-state index contributed by atoms with van der Waals surface area (Å²) < 4.78 is 3.01. The topological polar surface area (TPSA) is 54.3 Å². The third-order valence-corrected chi connectivity index (χ3v) is 6.21. The summed E-state index contributed by atoms with van der Waals surface area (Å²) in [4.78, 5) is 26.6. The summed E-state index contributed by atoms with van der Waals surface area (Å²) in [6.07, 6.45) is 0. The predicted octanol–water partition coefficient (Wildman–Crippen LogP) is 5.12. The minimum atomic E-state index is -0.101. The Kier molecular flexibility index (Phi) is 5.92. The lowest BCUT2D eigenvalue weighted by Gasteiger charge is -2.11. The molecule has 0 spiro atoms. The van der Waals surface area contributed by atoms with Gasteiger partial charge in [-0.1, -0.05) is 18.2 Å². The molecule has 27 heavy (non-hydrogen) atoms. The van der Waals surface area contributed by atoms with Crippen molar-refractivity contribution in [3.63, 3.8) is 0 Å². The Morgan fingerprint density at radius 3 is 2.44 bits per heavy atom. The highest BCUT2D eigenvalue weighted by Gasteiger charge is 2.14. The molecule has 0 saturated heterocycles. The monoisotopic (exact) mass is 445 g/mol. The van der Waals surface area contributed by atoms with Gasteiger partial charge in [0.2, 0.25) is 5.91 Å². The Bertz CT molecular complexity index is 996. The number of amides is 2. The summed E-state index contributed by atoms with van der Waals surface area (Å²) in [6.45, 7) is 2.22. The molecule has 1 heterocycles. The first-order valence-corrected chi connectivity index (χ1v) is 10.00. The molecule has 7 heteroatoms. The molecule has 0 radical (unpaired) electrons. The van der Waals surface area contributed by atoms with Gasteiger partial charge in [-0.2, -0.15) is 0 Å². The molecule has 3 aromatic rings. The molecule has 0 aliphatic carbocycles. The van der Waals surface area contributed by atoms with Gasteiger partial charge in [0.25, 0.3) is 5.24 Å². The Hall–Kier alpha value is -2.25. The number of fused-ring (bicyclic) bond motifs is 1. The van der Waals surface area contributed by atoms with Crippen molar-refractivity contribution in [3.8, 4) is 0 Å². The number of aromatic nitrogens is 1. The van der Waals surface area contributed by atoms with Crippen molar-refractivity contribution in [1.29, 1.82) is 0 Å². The van der Waals surface area contributed by atoms with Gasteiger partial charge < -0.3 is 14.8 Å². The predicted molar refractivity (Wildman–Crippen MR) is 114 cm³/mol. The van der Waals surface area contributed by atoms with E-state index in [9.17, 15) is 9.59 Å². The maximum Gasteiger partial charge on any atom is 0.285 e. The molecular formula is C20H20BrN3O2S. The summed E-state index contributed by atoms with van der Waals surface area (Å²) in [5, 5.41) is 3.97. The molecule has 0 unspecified atom stereocenters. The molecular weight excluding hydrogens is 426 g/mol. The first kappa shape index (κ1) is 19.5. The summed E-state index contributed by atoms with van der Waals surface area (Å²) >= 11 is 4.76. The Balaban J connectivity index is 1.70. The third-order valence-electron chi connectivity index (χ3n) is 4.16. The van der Waals surface area contributed by atoms with Crippen LogP contribution in [0.15, 0.2) is 57.9 Å². The average Bonchev–Trinajstić information content (AvgIpc) is 2.88. The number of anilines is 1. The summed E-state index contributed by atoms with van der Waals surface area (Å²) in [7, 11) is 3.43. The van der Waals surface area contributed by atoms with Gasteiger partial charge in [0.15, 0.2) is 0 Å². The first-order chi connectivity index (χ1) is 12.9. The van der Waals surface area contributed by atoms with Crippen LogP contribution in [-0.4, -0.2) is 34.7 Å².